The molecule has 3 nitrogen and oxygen atoms in total. The fourth-order valence-corrected chi connectivity index (χ4v) is 1.57. The van der Waals surface area contributed by atoms with Crippen molar-refractivity contribution < 1.29 is 4.79 Å². The van der Waals surface area contributed by atoms with Crippen molar-refractivity contribution in [2.75, 3.05) is 6.54 Å². The average Bonchev–Trinajstić information content (AvgIpc) is 2.37. The summed E-state index contributed by atoms with van der Waals surface area (Å²) in [7, 11) is 0. The maximum atomic E-state index is 12.1. The minimum absolute atomic E-state index is 0.0433. The predicted molar refractivity (Wildman–Crippen MR) is 74.3 cm³/mol. The van der Waals surface area contributed by atoms with Crippen molar-refractivity contribution in [3.63, 3.8) is 0 Å². The van der Waals surface area contributed by atoms with Gasteiger partial charge < -0.3 is 11.1 Å². The predicted octanol–water partition coefficient (Wildman–Crippen LogP) is 1.83. The maximum absolute atomic E-state index is 12.1. The lowest BCUT2D eigenvalue weighted by atomic mass is 10.0. The molecular weight excluding hydrogens is 224 g/mol. The molecule has 1 aromatic rings. The lowest BCUT2D eigenvalue weighted by molar-refractivity contribution is 0.0938. The summed E-state index contributed by atoms with van der Waals surface area (Å²) >= 11 is 0. The monoisotopic (exact) mass is 244 g/mol. The topological polar surface area (TPSA) is 55.1 Å². The molecule has 3 N–H and O–H groups in total. The fraction of sp³-hybridized carbons (Fsp3) is 0.400. The second kappa shape index (κ2) is 6.83. The molecule has 0 saturated carbocycles. The van der Waals surface area contributed by atoms with Gasteiger partial charge in [-0.15, -0.1) is 0 Å². The molecule has 0 heterocycles. The number of carbonyl (C=O) groups is 1. The summed E-state index contributed by atoms with van der Waals surface area (Å²) in [4.78, 5) is 12.1. The van der Waals surface area contributed by atoms with Gasteiger partial charge in [0, 0.05) is 17.2 Å². The summed E-state index contributed by atoms with van der Waals surface area (Å²) in [6.45, 7) is 6.26. The molecule has 1 atom stereocenters. The molecular formula is C15H20N2O. The first-order valence-corrected chi connectivity index (χ1v) is 6.19. The van der Waals surface area contributed by atoms with Crippen molar-refractivity contribution >= 4 is 5.91 Å². The van der Waals surface area contributed by atoms with Crippen molar-refractivity contribution in [3.8, 4) is 11.8 Å². The van der Waals surface area contributed by atoms with E-state index in [4.69, 9.17) is 5.73 Å². The molecule has 1 rings (SSSR count). The van der Waals surface area contributed by atoms with Crippen LogP contribution in [-0.2, 0) is 0 Å². The molecule has 0 fully saturated rings. The van der Waals surface area contributed by atoms with Crippen molar-refractivity contribution in [2.24, 2.45) is 5.73 Å². The van der Waals surface area contributed by atoms with Gasteiger partial charge in [0.05, 0.1) is 6.54 Å². The Morgan fingerprint density at radius 1 is 1.50 bits per heavy atom. The smallest absolute Gasteiger partial charge is 0.251 e. The number of amides is 1. The van der Waals surface area contributed by atoms with Crippen molar-refractivity contribution in [2.45, 2.75) is 33.2 Å². The maximum Gasteiger partial charge on any atom is 0.251 e. The van der Waals surface area contributed by atoms with Crippen LogP contribution in [0.15, 0.2) is 18.2 Å². The summed E-state index contributed by atoms with van der Waals surface area (Å²) < 4.78 is 0. The Morgan fingerprint density at radius 3 is 2.83 bits per heavy atom. The third kappa shape index (κ3) is 3.61. The third-order valence-electron chi connectivity index (χ3n) is 2.89. The van der Waals surface area contributed by atoms with Crippen LogP contribution >= 0.6 is 0 Å². The number of rotatable bonds is 3. The number of hydrogen-bond donors (Lipinski definition) is 2. The van der Waals surface area contributed by atoms with Gasteiger partial charge in [-0.3, -0.25) is 4.79 Å². The van der Waals surface area contributed by atoms with Gasteiger partial charge in [-0.2, -0.15) is 0 Å². The summed E-state index contributed by atoms with van der Waals surface area (Å²) in [6.07, 6.45) is 0.914. The van der Waals surface area contributed by atoms with Crippen LogP contribution < -0.4 is 11.1 Å². The van der Waals surface area contributed by atoms with E-state index >= 15 is 0 Å². The molecule has 0 aliphatic rings. The molecule has 96 valence electrons. The molecule has 0 aliphatic heterocycles. The van der Waals surface area contributed by atoms with Gasteiger partial charge in [-0.25, -0.2) is 0 Å². The van der Waals surface area contributed by atoms with Crippen LogP contribution in [0.25, 0.3) is 0 Å². The Hall–Kier alpha value is -1.79. The zero-order valence-corrected chi connectivity index (χ0v) is 11.2. The Morgan fingerprint density at radius 2 is 2.22 bits per heavy atom. The summed E-state index contributed by atoms with van der Waals surface area (Å²) in [5.74, 6) is 5.75. The van der Waals surface area contributed by atoms with E-state index in [1.54, 1.807) is 0 Å². The molecule has 1 aromatic carbocycles. The van der Waals surface area contributed by atoms with E-state index in [-0.39, 0.29) is 11.9 Å². The second-order valence-corrected chi connectivity index (χ2v) is 4.27. The third-order valence-corrected chi connectivity index (χ3v) is 2.89. The zero-order valence-electron chi connectivity index (χ0n) is 11.2. The first-order valence-electron chi connectivity index (χ1n) is 6.19. The number of hydrogen-bond acceptors (Lipinski definition) is 2. The van der Waals surface area contributed by atoms with Gasteiger partial charge in [-0.1, -0.05) is 24.8 Å². The van der Waals surface area contributed by atoms with Crippen molar-refractivity contribution in [3.05, 3.63) is 34.9 Å². The number of carbonyl (C=O) groups excluding carboxylic acids is 1. The van der Waals surface area contributed by atoms with Crippen LogP contribution in [0.5, 0.6) is 0 Å². The van der Waals surface area contributed by atoms with Crippen molar-refractivity contribution in [1.82, 2.24) is 5.32 Å². The highest BCUT2D eigenvalue weighted by molar-refractivity contribution is 5.96. The van der Waals surface area contributed by atoms with E-state index in [9.17, 15) is 4.79 Å². The molecule has 0 radical (unpaired) electrons. The van der Waals surface area contributed by atoms with Crippen molar-refractivity contribution in [1.29, 1.82) is 0 Å². The van der Waals surface area contributed by atoms with Gasteiger partial charge >= 0.3 is 0 Å². The fourth-order valence-electron chi connectivity index (χ4n) is 1.57. The lowest BCUT2D eigenvalue weighted by Gasteiger charge is -2.13. The first-order chi connectivity index (χ1) is 8.60. The first kappa shape index (κ1) is 14.3. The van der Waals surface area contributed by atoms with Gasteiger partial charge in [0.15, 0.2) is 0 Å². The molecule has 0 aliphatic carbocycles. The average molecular weight is 244 g/mol. The van der Waals surface area contributed by atoms with Crippen LogP contribution in [0.3, 0.4) is 0 Å². The highest BCUT2D eigenvalue weighted by Gasteiger charge is 2.12. The Bertz CT molecular complexity index is 483. The Kier molecular flexibility index (Phi) is 5.41. The molecule has 1 unspecified atom stereocenters. The number of nitrogens with two attached hydrogens (primary N) is 1. The minimum atomic E-state index is -0.0433. The quantitative estimate of drug-likeness (QED) is 0.797. The van der Waals surface area contributed by atoms with Crippen LogP contribution in [0.2, 0.25) is 0 Å². The SMILES string of the molecule is CCC(C)NC(=O)c1cccc(C#CCN)c1C. The molecule has 3 heteroatoms. The summed E-state index contributed by atoms with van der Waals surface area (Å²) in [5, 5.41) is 2.96. The lowest BCUT2D eigenvalue weighted by Crippen LogP contribution is -2.32. The second-order valence-electron chi connectivity index (χ2n) is 4.27. The molecule has 0 bridgehead atoms. The highest BCUT2D eigenvalue weighted by atomic mass is 16.1. The van der Waals surface area contributed by atoms with Crippen LogP contribution in [-0.4, -0.2) is 18.5 Å². The highest BCUT2D eigenvalue weighted by Crippen LogP contribution is 2.13. The van der Waals surface area contributed by atoms with Crippen LogP contribution in [0.1, 0.15) is 41.8 Å². The normalized spacial score (nSPS) is 11.3. The molecule has 1 amide bonds. The Labute approximate surface area is 109 Å². The zero-order chi connectivity index (χ0) is 13.5. The minimum Gasteiger partial charge on any atom is -0.350 e. The number of benzene rings is 1. The summed E-state index contributed by atoms with van der Waals surface area (Å²) in [6, 6.07) is 5.74. The Balaban J connectivity index is 2.99. The van der Waals surface area contributed by atoms with Gasteiger partial charge in [-0.05, 0) is 38.0 Å². The molecule has 0 spiro atoms. The van der Waals surface area contributed by atoms with E-state index < -0.39 is 0 Å². The van der Waals surface area contributed by atoms with E-state index in [0.29, 0.717) is 12.1 Å². The van der Waals surface area contributed by atoms with Gasteiger partial charge in [0.1, 0.15) is 0 Å². The van der Waals surface area contributed by atoms with E-state index in [1.807, 2.05) is 39.0 Å². The molecule has 0 aromatic heterocycles. The van der Waals surface area contributed by atoms with Crippen LogP contribution in [0, 0.1) is 18.8 Å². The molecule has 18 heavy (non-hydrogen) atoms. The van der Waals surface area contributed by atoms with Gasteiger partial charge in [0.25, 0.3) is 5.91 Å². The van der Waals surface area contributed by atoms with E-state index in [1.165, 1.54) is 0 Å². The number of nitrogens with one attached hydrogen (secondary N) is 1. The van der Waals surface area contributed by atoms with Gasteiger partial charge in [0.2, 0.25) is 0 Å². The van der Waals surface area contributed by atoms with E-state index in [2.05, 4.69) is 17.2 Å². The van der Waals surface area contributed by atoms with E-state index in [0.717, 1.165) is 17.5 Å². The standard InChI is InChI=1S/C15H20N2O/c1-4-11(2)17-15(18)14-9-5-7-13(12(14)3)8-6-10-16/h5,7,9,11H,4,10,16H2,1-3H3,(H,17,18). The van der Waals surface area contributed by atoms with Crippen LogP contribution in [0.4, 0.5) is 0 Å². The molecule has 0 saturated heterocycles. The summed E-state index contributed by atoms with van der Waals surface area (Å²) in [5.41, 5.74) is 7.80. The largest absolute Gasteiger partial charge is 0.350 e.